The van der Waals surface area contributed by atoms with Crippen LogP contribution in [0.1, 0.15) is 31.8 Å². The van der Waals surface area contributed by atoms with E-state index in [1.165, 1.54) is 62.8 Å². The summed E-state index contributed by atoms with van der Waals surface area (Å²) in [6.45, 7) is 0. The zero-order chi connectivity index (χ0) is 28.0. The van der Waals surface area contributed by atoms with Crippen LogP contribution in [0.3, 0.4) is 0 Å². The van der Waals surface area contributed by atoms with E-state index in [1.807, 2.05) is 0 Å². The van der Waals surface area contributed by atoms with Gasteiger partial charge in [-0.15, -0.1) is 0 Å². The zero-order valence-corrected chi connectivity index (χ0v) is 20.2. The van der Waals surface area contributed by atoms with Crippen LogP contribution in [-0.4, -0.2) is 56.4 Å². The van der Waals surface area contributed by atoms with E-state index in [1.54, 1.807) is 12.1 Å². The van der Waals surface area contributed by atoms with Gasteiger partial charge in [-0.1, -0.05) is 0 Å². The highest BCUT2D eigenvalue weighted by molar-refractivity contribution is 6.13. The third-order valence-electron chi connectivity index (χ3n) is 5.35. The Hall–Kier alpha value is -5.38. The third kappa shape index (κ3) is 6.05. The SMILES string of the molecule is COc1ccc(C(=O)c2ccc(OC)cc2O)c(O)c1.O=C(c1ccc(O)cc1O)c1ccc(O)cc1O. The first-order valence-corrected chi connectivity index (χ1v) is 10.9. The largest absolute Gasteiger partial charge is 0.508 e. The number of ketones is 2. The highest BCUT2D eigenvalue weighted by atomic mass is 16.5. The Labute approximate surface area is 216 Å². The lowest BCUT2D eigenvalue weighted by Gasteiger charge is -2.08. The van der Waals surface area contributed by atoms with Gasteiger partial charge in [0.25, 0.3) is 0 Å². The van der Waals surface area contributed by atoms with Crippen LogP contribution < -0.4 is 9.47 Å². The summed E-state index contributed by atoms with van der Waals surface area (Å²) in [5.41, 5.74) is 0.0834. The van der Waals surface area contributed by atoms with Gasteiger partial charge in [0, 0.05) is 24.3 Å². The fraction of sp³-hybridized carbons (Fsp3) is 0.0714. The van der Waals surface area contributed by atoms with Crippen LogP contribution in [0.5, 0.6) is 46.0 Å². The average Bonchev–Trinajstić information content (AvgIpc) is 2.88. The number of rotatable bonds is 6. The van der Waals surface area contributed by atoms with Gasteiger partial charge in [0.05, 0.1) is 36.5 Å². The van der Waals surface area contributed by atoms with Crippen molar-refractivity contribution in [3.05, 3.63) is 95.1 Å². The molecule has 0 spiro atoms. The Morgan fingerprint density at radius 2 is 0.763 bits per heavy atom. The van der Waals surface area contributed by atoms with Crippen molar-refractivity contribution in [2.45, 2.75) is 0 Å². The van der Waals surface area contributed by atoms with E-state index < -0.39 is 11.6 Å². The van der Waals surface area contributed by atoms with Crippen LogP contribution in [-0.2, 0) is 0 Å². The number of phenolic OH excluding ortho intramolecular Hbond substituents is 6. The van der Waals surface area contributed by atoms with E-state index in [2.05, 4.69) is 0 Å². The second kappa shape index (κ2) is 11.6. The van der Waals surface area contributed by atoms with Crippen molar-refractivity contribution in [3.63, 3.8) is 0 Å². The number of hydrogen-bond acceptors (Lipinski definition) is 10. The maximum atomic E-state index is 12.3. The number of phenols is 6. The van der Waals surface area contributed by atoms with Crippen LogP contribution in [0.4, 0.5) is 0 Å². The summed E-state index contributed by atoms with van der Waals surface area (Å²) >= 11 is 0. The molecule has 0 aliphatic rings. The van der Waals surface area contributed by atoms with Crippen molar-refractivity contribution in [1.82, 2.24) is 0 Å². The molecule has 0 amide bonds. The van der Waals surface area contributed by atoms with Crippen LogP contribution >= 0.6 is 0 Å². The first-order valence-electron chi connectivity index (χ1n) is 10.9. The van der Waals surface area contributed by atoms with Gasteiger partial charge in [0.1, 0.15) is 46.0 Å². The van der Waals surface area contributed by atoms with Crippen molar-refractivity contribution in [3.8, 4) is 46.0 Å². The van der Waals surface area contributed by atoms with Gasteiger partial charge >= 0.3 is 0 Å². The number of ether oxygens (including phenoxy) is 2. The Kier molecular flexibility index (Phi) is 8.29. The Morgan fingerprint density at radius 3 is 1.03 bits per heavy atom. The predicted molar refractivity (Wildman–Crippen MR) is 136 cm³/mol. The highest BCUT2D eigenvalue weighted by Gasteiger charge is 2.19. The zero-order valence-electron chi connectivity index (χ0n) is 20.2. The molecule has 0 radical (unpaired) electrons. The number of carbonyl (C=O) groups excluding carboxylic acids is 2. The minimum atomic E-state index is -0.606. The lowest BCUT2D eigenvalue weighted by Crippen LogP contribution is -2.02. The fourth-order valence-corrected chi connectivity index (χ4v) is 3.38. The molecule has 0 aliphatic carbocycles. The molecule has 0 saturated heterocycles. The summed E-state index contributed by atoms with van der Waals surface area (Å²) in [4.78, 5) is 24.3. The molecule has 0 aliphatic heterocycles. The number of aromatic hydroxyl groups is 6. The van der Waals surface area contributed by atoms with Crippen molar-refractivity contribution < 1.29 is 49.7 Å². The summed E-state index contributed by atoms with van der Waals surface area (Å²) in [6.07, 6.45) is 0. The molecule has 0 unspecified atom stereocenters. The first kappa shape index (κ1) is 27.2. The van der Waals surface area contributed by atoms with Crippen molar-refractivity contribution in [1.29, 1.82) is 0 Å². The molecule has 0 aromatic heterocycles. The molecular formula is C28H24O10. The third-order valence-corrected chi connectivity index (χ3v) is 5.35. The number of methoxy groups -OCH3 is 2. The quantitative estimate of drug-likeness (QED) is 0.203. The molecule has 0 heterocycles. The topological polar surface area (TPSA) is 174 Å². The maximum Gasteiger partial charge on any atom is 0.200 e. The highest BCUT2D eigenvalue weighted by Crippen LogP contribution is 2.31. The van der Waals surface area contributed by atoms with E-state index in [4.69, 9.17) is 19.7 Å². The molecule has 10 nitrogen and oxygen atoms in total. The normalized spacial score (nSPS) is 10.2. The van der Waals surface area contributed by atoms with Gasteiger partial charge in [-0.25, -0.2) is 0 Å². The average molecular weight is 520 g/mol. The molecule has 196 valence electrons. The lowest BCUT2D eigenvalue weighted by atomic mass is 10.0. The van der Waals surface area contributed by atoms with Gasteiger partial charge in [-0.3, -0.25) is 9.59 Å². The van der Waals surface area contributed by atoms with Gasteiger partial charge in [0.15, 0.2) is 11.6 Å². The standard InChI is InChI=1S/C15H14O5.C13H10O5/c1-19-9-3-5-11(13(16)7-9)15(18)12-6-4-10(20-2)8-14(12)17;14-7-1-3-9(11(16)5-7)13(18)10-4-2-8(15)6-12(10)17/h3-8,16-17H,1-2H3;1-6,14-17H. The lowest BCUT2D eigenvalue weighted by molar-refractivity contribution is 0.102. The molecule has 0 bridgehead atoms. The van der Waals surface area contributed by atoms with Crippen molar-refractivity contribution in [2.75, 3.05) is 14.2 Å². The van der Waals surface area contributed by atoms with Crippen LogP contribution in [0.2, 0.25) is 0 Å². The molecule has 38 heavy (non-hydrogen) atoms. The van der Waals surface area contributed by atoms with Gasteiger partial charge in [-0.05, 0) is 48.5 Å². The van der Waals surface area contributed by atoms with Crippen LogP contribution in [0.25, 0.3) is 0 Å². The molecule has 0 saturated carbocycles. The summed E-state index contributed by atoms with van der Waals surface area (Å²) in [5.74, 6) is -1.71. The molecule has 6 N–H and O–H groups in total. The van der Waals surface area contributed by atoms with Crippen molar-refractivity contribution in [2.24, 2.45) is 0 Å². The Morgan fingerprint density at radius 1 is 0.474 bits per heavy atom. The number of benzene rings is 4. The summed E-state index contributed by atoms with van der Waals surface area (Å²) < 4.78 is 9.90. The van der Waals surface area contributed by atoms with Gasteiger partial charge < -0.3 is 40.1 Å². The second-order valence-electron chi connectivity index (χ2n) is 7.83. The van der Waals surface area contributed by atoms with Gasteiger partial charge in [-0.2, -0.15) is 0 Å². The first-order chi connectivity index (χ1) is 18.0. The molecular weight excluding hydrogens is 496 g/mol. The summed E-state index contributed by atoms with van der Waals surface area (Å²) in [7, 11) is 2.93. The molecule has 0 atom stereocenters. The number of hydrogen-bond donors (Lipinski definition) is 6. The Bertz CT molecular complexity index is 1380. The maximum absolute atomic E-state index is 12.3. The molecule has 4 rings (SSSR count). The molecule has 10 heteroatoms. The smallest absolute Gasteiger partial charge is 0.200 e. The number of carbonyl (C=O) groups is 2. The van der Waals surface area contributed by atoms with E-state index in [-0.39, 0.29) is 56.8 Å². The predicted octanol–water partition coefficient (Wildman–Crippen LogP) is 4.09. The summed E-state index contributed by atoms with van der Waals surface area (Å²) in [5, 5.41) is 57.0. The molecule has 4 aromatic carbocycles. The van der Waals surface area contributed by atoms with Crippen LogP contribution in [0, 0.1) is 0 Å². The minimum Gasteiger partial charge on any atom is -0.508 e. The van der Waals surface area contributed by atoms with E-state index in [0.29, 0.717) is 11.5 Å². The fourth-order valence-electron chi connectivity index (χ4n) is 3.38. The summed E-state index contributed by atoms with van der Waals surface area (Å²) in [6, 6.07) is 15.8. The van der Waals surface area contributed by atoms with Gasteiger partial charge in [0.2, 0.25) is 0 Å². The minimum absolute atomic E-state index is 0.0474. The molecule has 0 fully saturated rings. The second-order valence-corrected chi connectivity index (χ2v) is 7.83. The van der Waals surface area contributed by atoms with Crippen LogP contribution in [0.15, 0.2) is 72.8 Å². The van der Waals surface area contributed by atoms with E-state index >= 15 is 0 Å². The molecule has 4 aromatic rings. The Balaban J connectivity index is 0.000000212. The van der Waals surface area contributed by atoms with Crippen molar-refractivity contribution >= 4 is 11.6 Å². The monoisotopic (exact) mass is 520 g/mol. The van der Waals surface area contributed by atoms with E-state index in [0.717, 1.165) is 12.1 Å². The van der Waals surface area contributed by atoms with E-state index in [9.17, 15) is 30.0 Å².